The maximum atomic E-state index is 13.7. The van der Waals surface area contributed by atoms with Gasteiger partial charge in [-0.1, -0.05) is 30.2 Å². The van der Waals surface area contributed by atoms with Crippen LogP contribution >= 0.6 is 11.6 Å². The molecular weight excluding hydrogens is 467 g/mol. The number of ether oxygens (including phenoxy) is 1. The average Bonchev–Trinajstić information content (AvgIpc) is 3.27. The van der Waals surface area contributed by atoms with Gasteiger partial charge in [0.15, 0.2) is 5.82 Å². The van der Waals surface area contributed by atoms with E-state index in [-0.39, 0.29) is 23.2 Å². The van der Waals surface area contributed by atoms with E-state index in [1.807, 2.05) is 0 Å². The number of rotatable bonds is 8. The zero-order valence-electron chi connectivity index (χ0n) is 18.9. The SMILES string of the molecule is CN1CCC(CCCCOc2nccc(-c3nc(-c4ccc(Cl)cc4)c(C(F)(F)F)[nH]3)n2)CC1. The highest BCUT2D eigenvalue weighted by Gasteiger charge is 2.37. The normalized spacial score (nSPS) is 15.6. The molecule has 2 aromatic heterocycles. The van der Waals surface area contributed by atoms with Gasteiger partial charge in [-0.05, 0) is 69.9 Å². The van der Waals surface area contributed by atoms with E-state index < -0.39 is 11.9 Å². The highest BCUT2D eigenvalue weighted by molar-refractivity contribution is 6.30. The number of unbranched alkanes of at least 4 members (excludes halogenated alkanes) is 1. The maximum Gasteiger partial charge on any atom is 0.433 e. The van der Waals surface area contributed by atoms with Crippen LogP contribution in [0, 0.1) is 5.92 Å². The topological polar surface area (TPSA) is 66.9 Å². The molecule has 0 saturated carbocycles. The number of piperidine rings is 1. The van der Waals surface area contributed by atoms with Crippen LogP contribution in [0.4, 0.5) is 13.2 Å². The number of alkyl halides is 3. The third-order valence-corrected chi connectivity index (χ3v) is 6.31. The number of aromatic amines is 1. The van der Waals surface area contributed by atoms with Gasteiger partial charge in [-0.3, -0.25) is 0 Å². The Balaban J connectivity index is 1.40. The number of nitrogens with one attached hydrogen (secondary N) is 1. The molecule has 1 saturated heterocycles. The number of H-pyrrole nitrogens is 1. The van der Waals surface area contributed by atoms with Gasteiger partial charge in [0.05, 0.1) is 6.61 Å². The van der Waals surface area contributed by atoms with E-state index in [2.05, 4.69) is 31.9 Å². The molecule has 1 fully saturated rings. The van der Waals surface area contributed by atoms with Crippen molar-refractivity contribution in [3.8, 4) is 28.8 Å². The van der Waals surface area contributed by atoms with Crippen molar-refractivity contribution < 1.29 is 17.9 Å². The summed E-state index contributed by atoms with van der Waals surface area (Å²) in [5.41, 5.74) is -0.634. The molecule has 1 aromatic carbocycles. The predicted octanol–water partition coefficient (Wildman–Crippen LogP) is 6.10. The summed E-state index contributed by atoms with van der Waals surface area (Å²) in [5.74, 6) is 0.763. The first-order chi connectivity index (χ1) is 16.3. The Labute approximate surface area is 201 Å². The van der Waals surface area contributed by atoms with E-state index in [0.717, 1.165) is 31.8 Å². The lowest BCUT2D eigenvalue weighted by Gasteiger charge is -2.28. The molecule has 0 amide bonds. The summed E-state index contributed by atoms with van der Waals surface area (Å²) in [7, 11) is 2.16. The molecule has 4 rings (SSSR count). The van der Waals surface area contributed by atoms with Crippen molar-refractivity contribution in [3.05, 3.63) is 47.2 Å². The van der Waals surface area contributed by atoms with Crippen molar-refractivity contribution in [3.63, 3.8) is 0 Å². The van der Waals surface area contributed by atoms with Gasteiger partial charge in [0.1, 0.15) is 17.1 Å². The second-order valence-electron chi connectivity index (χ2n) is 8.63. The molecule has 0 bridgehead atoms. The number of benzene rings is 1. The average molecular weight is 494 g/mol. The van der Waals surface area contributed by atoms with Gasteiger partial charge in [-0.25, -0.2) is 9.97 Å². The maximum absolute atomic E-state index is 13.7. The lowest BCUT2D eigenvalue weighted by molar-refractivity contribution is -0.140. The fraction of sp³-hybridized carbons (Fsp3) is 0.458. The van der Waals surface area contributed by atoms with Crippen LogP contribution in [0.3, 0.4) is 0 Å². The molecule has 3 aromatic rings. The lowest BCUT2D eigenvalue weighted by Crippen LogP contribution is -2.30. The van der Waals surface area contributed by atoms with Crippen LogP contribution in [0.25, 0.3) is 22.8 Å². The molecule has 0 radical (unpaired) electrons. The first-order valence-electron chi connectivity index (χ1n) is 11.4. The summed E-state index contributed by atoms with van der Waals surface area (Å²) in [6.45, 7) is 2.77. The Morgan fingerprint density at radius 2 is 1.82 bits per heavy atom. The third-order valence-electron chi connectivity index (χ3n) is 6.06. The molecule has 6 nitrogen and oxygen atoms in total. The standard InChI is InChI=1S/C24H27ClF3N5O/c1-33-13-10-16(11-14-33)4-2-3-15-34-23-29-12-9-19(30-23)22-31-20(21(32-22)24(26,27)28)17-5-7-18(25)8-6-17/h5-9,12,16H,2-4,10-11,13-15H2,1H3,(H,31,32). The van der Waals surface area contributed by atoms with E-state index in [9.17, 15) is 13.2 Å². The highest BCUT2D eigenvalue weighted by atomic mass is 35.5. The summed E-state index contributed by atoms with van der Waals surface area (Å²) in [4.78, 5) is 17.3. The van der Waals surface area contributed by atoms with Gasteiger partial charge in [0.2, 0.25) is 0 Å². The molecule has 0 atom stereocenters. The minimum Gasteiger partial charge on any atom is -0.463 e. The monoisotopic (exact) mass is 493 g/mol. The molecule has 1 aliphatic rings. The van der Waals surface area contributed by atoms with Gasteiger partial charge in [0, 0.05) is 16.8 Å². The quantitative estimate of drug-likeness (QED) is 0.384. The lowest BCUT2D eigenvalue weighted by atomic mass is 9.92. The molecule has 0 spiro atoms. The first-order valence-corrected chi connectivity index (χ1v) is 11.8. The van der Waals surface area contributed by atoms with E-state index in [1.165, 1.54) is 55.8 Å². The molecule has 1 N–H and O–H groups in total. The zero-order chi connectivity index (χ0) is 24.1. The summed E-state index contributed by atoms with van der Waals surface area (Å²) in [6, 6.07) is 7.66. The number of hydrogen-bond acceptors (Lipinski definition) is 5. The van der Waals surface area contributed by atoms with Gasteiger partial charge in [0.25, 0.3) is 0 Å². The van der Waals surface area contributed by atoms with Crippen LogP contribution in [-0.2, 0) is 6.18 Å². The molecule has 10 heteroatoms. The molecular formula is C24H27ClF3N5O. The Hall–Kier alpha value is -2.65. The predicted molar refractivity (Wildman–Crippen MR) is 125 cm³/mol. The Bertz CT molecular complexity index is 1080. The van der Waals surface area contributed by atoms with Gasteiger partial charge < -0.3 is 14.6 Å². The van der Waals surface area contributed by atoms with Crippen molar-refractivity contribution >= 4 is 11.6 Å². The Kier molecular flexibility index (Phi) is 7.73. The largest absolute Gasteiger partial charge is 0.463 e. The molecule has 0 unspecified atom stereocenters. The van der Waals surface area contributed by atoms with E-state index in [4.69, 9.17) is 16.3 Å². The second kappa shape index (κ2) is 10.7. The minimum absolute atomic E-state index is 0.00760. The number of hydrogen-bond donors (Lipinski definition) is 1. The number of likely N-dealkylation sites (tertiary alicyclic amines) is 1. The van der Waals surface area contributed by atoms with Crippen molar-refractivity contribution in [2.24, 2.45) is 5.92 Å². The molecule has 1 aliphatic heterocycles. The van der Waals surface area contributed by atoms with Crippen LogP contribution in [0.15, 0.2) is 36.5 Å². The first kappa shape index (κ1) is 24.5. The van der Waals surface area contributed by atoms with Crippen LogP contribution in [0.2, 0.25) is 5.02 Å². The third kappa shape index (κ3) is 6.27. The fourth-order valence-electron chi connectivity index (χ4n) is 4.11. The van der Waals surface area contributed by atoms with Gasteiger partial charge in [-0.2, -0.15) is 18.2 Å². The minimum atomic E-state index is -4.61. The van der Waals surface area contributed by atoms with E-state index in [0.29, 0.717) is 17.2 Å². The molecule has 3 heterocycles. The van der Waals surface area contributed by atoms with Crippen molar-refractivity contribution in [2.45, 2.75) is 38.3 Å². The van der Waals surface area contributed by atoms with Crippen molar-refractivity contribution in [1.82, 2.24) is 24.8 Å². The number of halogens is 4. The summed E-state index contributed by atoms with van der Waals surface area (Å²) >= 11 is 5.87. The molecule has 182 valence electrons. The van der Waals surface area contributed by atoms with E-state index in [1.54, 1.807) is 0 Å². The summed E-state index contributed by atoms with van der Waals surface area (Å²) < 4.78 is 46.6. The van der Waals surface area contributed by atoms with Crippen LogP contribution < -0.4 is 4.74 Å². The van der Waals surface area contributed by atoms with E-state index >= 15 is 0 Å². The number of nitrogens with zero attached hydrogens (tertiary/aromatic N) is 4. The van der Waals surface area contributed by atoms with Gasteiger partial charge in [-0.15, -0.1) is 0 Å². The Morgan fingerprint density at radius 3 is 2.53 bits per heavy atom. The van der Waals surface area contributed by atoms with Crippen molar-refractivity contribution in [2.75, 3.05) is 26.7 Å². The molecule has 0 aliphatic carbocycles. The highest BCUT2D eigenvalue weighted by Crippen LogP contribution is 2.37. The summed E-state index contributed by atoms with van der Waals surface area (Å²) in [6.07, 6.45) is 2.44. The smallest absolute Gasteiger partial charge is 0.433 e. The van der Waals surface area contributed by atoms with Crippen LogP contribution in [0.5, 0.6) is 6.01 Å². The number of imidazole rings is 1. The fourth-order valence-corrected chi connectivity index (χ4v) is 4.23. The van der Waals surface area contributed by atoms with Crippen LogP contribution in [0.1, 0.15) is 37.8 Å². The summed E-state index contributed by atoms with van der Waals surface area (Å²) in [5, 5.41) is 0.428. The number of aromatic nitrogens is 4. The second-order valence-corrected chi connectivity index (χ2v) is 9.07. The zero-order valence-corrected chi connectivity index (χ0v) is 19.7. The van der Waals surface area contributed by atoms with Gasteiger partial charge >= 0.3 is 12.2 Å². The van der Waals surface area contributed by atoms with Crippen molar-refractivity contribution in [1.29, 1.82) is 0 Å². The molecule has 34 heavy (non-hydrogen) atoms. The Morgan fingerprint density at radius 1 is 1.09 bits per heavy atom. The van der Waals surface area contributed by atoms with Crippen LogP contribution in [-0.4, -0.2) is 51.6 Å².